The molecule has 0 saturated heterocycles. The number of nitrogens with zero attached hydrogens (tertiary/aromatic N) is 2. The maximum absolute atomic E-state index is 5.51. The molecule has 0 unspecified atom stereocenters. The van der Waals surface area contributed by atoms with Gasteiger partial charge in [-0.2, -0.15) is 0 Å². The molecule has 2 aromatic rings. The Kier molecular flexibility index (Phi) is 3.00. The van der Waals surface area contributed by atoms with Gasteiger partial charge in [0.05, 0.1) is 0 Å². The van der Waals surface area contributed by atoms with E-state index < -0.39 is 0 Å². The summed E-state index contributed by atoms with van der Waals surface area (Å²) >= 11 is 0. The standard InChI is InChI=1S/C12H13N3O/c1-9-7-8-14-12(15-9)16-11-5-3-10(13-2)4-6-11/h3-8,13H,1-2H3. The fourth-order valence-electron chi connectivity index (χ4n) is 1.27. The molecular weight excluding hydrogens is 202 g/mol. The van der Waals surface area contributed by atoms with Crippen LogP contribution in [0.5, 0.6) is 11.8 Å². The number of nitrogens with one attached hydrogen (secondary N) is 1. The molecule has 0 spiro atoms. The molecule has 0 amide bonds. The van der Waals surface area contributed by atoms with E-state index in [1.165, 1.54) is 0 Å². The summed E-state index contributed by atoms with van der Waals surface area (Å²) in [6.07, 6.45) is 1.68. The van der Waals surface area contributed by atoms with Crippen molar-refractivity contribution >= 4 is 5.69 Å². The van der Waals surface area contributed by atoms with Crippen molar-refractivity contribution in [2.24, 2.45) is 0 Å². The molecule has 1 heterocycles. The van der Waals surface area contributed by atoms with E-state index in [1.807, 2.05) is 44.3 Å². The fraction of sp³-hybridized carbons (Fsp3) is 0.167. The largest absolute Gasteiger partial charge is 0.424 e. The molecule has 0 aliphatic rings. The van der Waals surface area contributed by atoms with Crippen molar-refractivity contribution in [1.82, 2.24) is 9.97 Å². The smallest absolute Gasteiger partial charge is 0.322 e. The van der Waals surface area contributed by atoms with Crippen LogP contribution in [-0.4, -0.2) is 17.0 Å². The molecule has 0 radical (unpaired) electrons. The highest BCUT2D eigenvalue weighted by Crippen LogP contribution is 2.19. The Balaban J connectivity index is 2.14. The van der Waals surface area contributed by atoms with Crippen LogP contribution in [0.4, 0.5) is 5.69 Å². The SMILES string of the molecule is CNc1ccc(Oc2nccc(C)n2)cc1. The van der Waals surface area contributed by atoms with E-state index in [0.717, 1.165) is 17.1 Å². The summed E-state index contributed by atoms with van der Waals surface area (Å²) in [5, 5.41) is 3.04. The van der Waals surface area contributed by atoms with Crippen LogP contribution in [0.25, 0.3) is 0 Å². The normalized spacial score (nSPS) is 9.88. The van der Waals surface area contributed by atoms with Gasteiger partial charge < -0.3 is 10.1 Å². The molecule has 0 saturated carbocycles. The highest BCUT2D eigenvalue weighted by molar-refractivity contribution is 5.46. The minimum atomic E-state index is 0.372. The maximum Gasteiger partial charge on any atom is 0.322 e. The molecule has 0 aliphatic carbocycles. The van der Waals surface area contributed by atoms with Gasteiger partial charge in [-0.15, -0.1) is 0 Å². The topological polar surface area (TPSA) is 47.0 Å². The van der Waals surface area contributed by atoms with E-state index in [1.54, 1.807) is 6.20 Å². The molecule has 0 aliphatic heterocycles. The first kappa shape index (κ1) is 10.4. The third-order valence-electron chi connectivity index (χ3n) is 2.12. The lowest BCUT2D eigenvalue weighted by molar-refractivity contribution is 0.440. The third kappa shape index (κ3) is 2.48. The highest BCUT2D eigenvalue weighted by Gasteiger charge is 1.99. The summed E-state index contributed by atoms with van der Waals surface area (Å²) in [4.78, 5) is 8.19. The molecular formula is C12H13N3O. The van der Waals surface area contributed by atoms with E-state index in [0.29, 0.717) is 6.01 Å². The van der Waals surface area contributed by atoms with E-state index in [2.05, 4.69) is 15.3 Å². The van der Waals surface area contributed by atoms with Crippen molar-refractivity contribution in [1.29, 1.82) is 0 Å². The third-order valence-corrected chi connectivity index (χ3v) is 2.12. The van der Waals surface area contributed by atoms with E-state index in [9.17, 15) is 0 Å². The molecule has 1 N–H and O–H groups in total. The summed E-state index contributed by atoms with van der Waals surface area (Å²) < 4.78 is 5.51. The Hall–Kier alpha value is -2.10. The highest BCUT2D eigenvalue weighted by atomic mass is 16.5. The summed E-state index contributed by atoms with van der Waals surface area (Å²) in [5.41, 5.74) is 1.93. The van der Waals surface area contributed by atoms with Gasteiger partial charge in [0.25, 0.3) is 0 Å². The van der Waals surface area contributed by atoms with Crippen molar-refractivity contribution in [3.05, 3.63) is 42.2 Å². The van der Waals surface area contributed by atoms with Crippen molar-refractivity contribution in [2.45, 2.75) is 6.92 Å². The Labute approximate surface area is 94.3 Å². The van der Waals surface area contributed by atoms with Crippen LogP contribution in [0.3, 0.4) is 0 Å². The molecule has 2 rings (SSSR count). The predicted molar refractivity (Wildman–Crippen MR) is 62.8 cm³/mol. The zero-order valence-electron chi connectivity index (χ0n) is 9.27. The molecule has 82 valence electrons. The van der Waals surface area contributed by atoms with Gasteiger partial charge in [0, 0.05) is 24.6 Å². The van der Waals surface area contributed by atoms with Gasteiger partial charge in [-0.25, -0.2) is 9.97 Å². The van der Waals surface area contributed by atoms with Gasteiger partial charge in [0.2, 0.25) is 0 Å². The second kappa shape index (κ2) is 4.61. The van der Waals surface area contributed by atoms with Crippen molar-refractivity contribution in [2.75, 3.05) is 12.4 Å². The first-order valence-electron chi connectivity index (χ1n) is 5.03. The van der Waals surface area contributed by atoms with Crippen molar-refractivity contribution in [3.8, 4) is 11.8 Å². The first-order chi connectivity index (χ1) is 7.78. The van der Waals surface area contributed by atoms with E-state index in [4.69, 9.17) is 4.74 Å². The number of hydrogen-bond donors (Lipinski definition) is 1. The van der Waals surface area contributed by atoms with Crippen molar-refractivity contribution < 1.29 is 4.74 Å². The zero-order valence-corrected chi connectivity index (χ0v) is 9.27. The monoisotopic (exact) mass is 215 g/mol. The molecule has 16 heavy (non-hydrogen) atoms. The minimum absolute atomic E-state index is 0.372. The average molecular weight is 215 g/mol. The minimum Gasteiger partial charge on any atom is -0.424 e. The Bertz CT molecular complexity index is 468. The lowest BCUT2D eigenvalue weighted by atomic mass is 10.3. The van der Waals surface area contributed by atoms with Gasteiger partial charge in [0.15, 0.2) is 0 Å². The Morgan fingerprint density at radius 2 is 1.88 bits per heavy atom. The molecule has 1 aromatic carbocycles. The van der Waals surface area contributed by atoms with Crippen LogP contribution >= 0.6 is 0 Å². The lowest BCUT2D eigenvalue weighted by Gasteiger charge is -2.05. The van der Waals surface area contributed by atoms with E-state index >= 15 is 0 Å². The van der Waals surface area contributed by atoms with Gasteiger partial charge >= 0.3 is 6.01 Å². The maximum atomic E-state index is 5.51. The molecule has 1 aromatic heterocycles. The number of benzene rings is 1. The number of anilines is 1. The van der Waals surface area contributed by atoms with Crippen LogP contribution in [0, 0.1) is 6.92 Å². The number of hydrogen-bond acceptors (Lipinski definition) is 4. The van der Waals surface area contributed by atoms with Crippen LogP contribution in [-0.2, 0) is 0 Å². The Morgan fingerprint density at radius 1 is 1.12 bits per heavy atom. The average Bonchev–Trinajstić information content (AvgIpc) is 2.30. The first-order valence-corrected chi connectivity index (χ1v) is 5.03. The summed E-state index contributed by atoms with van der Waals surface area (Å²) in [7, 11) is 1.87. The molecule has 0 fully saturated rings. The molecule has 4 nitrogen and oxygen atoms in total. The zero-order chi connectivity index (χ0) is 11.4. The van der Waals surface area contributed by atoms with Gasteiger partial charge in [-0.3, -0.25) is 0 Å². The van der Waals surface area contributed by atoms with Crippen LogP contribution in [0.2, 0.25) is 0 Å². The quantitative estimate of drug-likeness (QED) is 0.855. The molecule has 4 heteroatoms. The Morgan fingerprint density at radius 3 is 2.50 bits per heavy atom. The van der Waals surface area contributed by atoms with E-state index in [-0.39, 0.29) is 0 Å². The summed E-state index contributed by atoms with van der Waals surface area (Å²) in [5.74, 6) is 0.726. The summed E-state index contributed by atoms with van der Waals surface area (Å²) in [6, 6.07) is 9.82. The van der Waals surface area contributed by atoms with Crippen LogP contribution in [0.15, 0.2) is 36.5 Å². The van der Waals surface area contributed by atoms with Gasteiger partial charge in [0.1, 0.15) is 5.75 Å². The van der Waals surface area contributed by atoms with Gasteiger partial charge in [-0.1, -0.05) is 0 Å². The number of ether oxygens (including phenoxy) is 1. The molecule has 0 bridgehead atoms. The number of rotatable bonds is 3. The fourth-order valence-corrected chi connectivity index (χ4v) is 1.27. The molecule has 0 atom stereocenters. The van der Waals surface area contributed by atoms with Crippen molar-refractivity contribution in [3.63, 3.8) is 0 Å². The summed E-state index contributed by atoms with van der Waals surface area (Å²) in [6.45, 7) is 1.90. The van der Waals surface area contributed by atoms with Gasteiger partial charge in [-0.05, 0) is 37.3 Å². The second-order valence-corrected chi connectivity index (χ2v) is 3.36. The number of aromatic nitrogens is 2. The predicted octanol–water partition coefficient (Wildman–Crippen LogP) is 2.62. The number of aryl methyl sites for hydroxylation is 1. The lowest BCUT2D eigenvalue weighted by Crippen LogP contribution is -1.93. The van der Waals surface area contributed by atoms with Crippen LogP contribution in [0.1, 0.15) is 5.69 Å². The second-order valence-electron chi connectivity index (χ2n) is 3.36. The van der Waals surface area contributed by atoms with Crippen LogP contribution < -0.4 is 10.1 Å².